The van der Waals surface area contributed by atoms with Crippen molar-refractivity contribution in [2.45, 2.75) is 19.1 Å². The number of anilines is 2. The van der Waals surface area contributed by atoms with Crippen molar-refractivity contribution >= 4 is 58.7 Å². The largest absolute Gasteiger partial charge is 0.323 e. The van der Waals surface area contributed by atoms with E-state index in [2.05, 4.69) is 35.7 Å². The zero-order valence-electron chi connectivity index (χ0n) is 16.9. The van der Waals surface area contributed by atoms with Crippen molar-refractivity contribution in [3.63, 3.8) is 0 Å². The summed E-state index contributed by atoms with van der Waals surface area (Å²) in [6.45, 7) is 1.99. The second kappa shape index (κ2) is 8.58. The van der Waals surface area contributed by atoms with Crippen LogP contribution in [0.25, 0.3) is 5.65 Å². The van der Waals surface area contributed by atoms with Gasteiger partial charge < -0.3 is 15.5 Å². The number of pyridine rings is 1. The second-order valence-electron chi connectivity index (χ2n) is 7.07. The van der Waals surface area contributed by atoms with Gasteiger partial charge in [-0.05, 0) is 27.1 Å². The summed E-state index contributed by atoms with van der Waals surface area (Å²) in [5.41, 5.74) is 2.76. The van der Waals surface area contributed by atoms with Gasteiger partial charge in [0.15, 0.2) is 17.0 Å². The number of carbonyl (C=O) groups is 1. The zero-order valence-corrected chi connectivity index (χ0v) is 18.4. The lowest BCUT2D eigenvalue weighted by Crippen LogP contribution is -2.25. The molecule has 0 bridgehead atoms. The minimum absolute atomic E-state index is 0.0836. The van der Waals surface area contributed by atoms with Gasteiger partial charge in [0, 0.05) is 18.5 Å². The van der Waals surface area contributed by atoms with Crippen LogP contribution in [0.15, 0.2) is 34.5 Å². The Bertz CT molecular complexity index is 1190. The molecule has 1 aliphatic heterocycles. The van der Waals surface area contributed by atoms with Gasteiger partial charge in [0.05, 0.1) is 40.5 Å². The van der Waals surface area contributed by atoms with Crippen molar-refractivity contribution in [3.05, 3.63) is 46.1 Å². The summed E-state index contributed by atoms with van der Waals surface area (Å²) < 4.78 is 1.62. The lowest BCUT2D eigenvalue weighted by Gasteiger charge is -2.23. The van der Waals surface area contributed by atoms with Crippen LogP contribution in [0.2, 0.25) is 10.2 Å². The second-order valence-corrected chi connectivity index (χ2v) is 7.87. The number of fused-ring (bicyclic) bond motifs is 1. The summed E-state index contributed by atoms with van der Waals surface area (Å²) in [7, 11) is 3.86. The third-order valence-electron chi connectivity index (χ3n) is 4.80. The molecule has 4 heterocycles. The van der Waals surface area contributed by atoms with Crippen molar-refractivity contribution in [2.24, 2.45) is 9.98 Å². The fourth-order valence-corrected chi connectivity index (χ4v) is 3.51. The minimum atomic E-state index is -0.478. The molecule has 0 aromatic carbocycles. The zero-order chi connectivity index (χ0) is 22.1. The Morgan fingerprint density at radius 2 is 1.87 bits per heavy atom. The third-order valence-corrected chi connectivity index (χ3v) is 5.29. The highest BCUT2D eigenvalue weighted by atomic mass is 35.5. The molecule has 3 aromatic rings. The van der Waals surface area contributed by atoms with E-state index >= 15 is 0 Å². The molecule has 4 rings (SSSR count). The first-order chi connectivity index (χ1) is 14.8. The normalized spacial score (nSPS) is 14.5. The van der Waals surface area contributed by atoms with Crippen molar-refractivity contribution in [1.29, 1.82) is 0 Å². The van der Waals surface area contributed by atoms with E-state index in [0.29, 0.717) is 32.9 Å². The Hall–Kier alpha value is -3.08. The molecule has 12 heteroatoms. The molecule has 1 atom stereocenters. The van der Waals surface area contributed by atoms with Crippen molar-refractivity contribution in [1.82, 2.24) is 24.5 Å². The Balaban J connectivity index is 1.57. The number of urea groups is 1. The Kier molecular flexibility index (Phi) is 5.86. The number of hydrogen-bond donors (Lipinski definition) is 2. The summed E-state index contributed by atoms with van der Waals surface area (Å²) in [6, 6.07) is 2.70. The molecule has 10 nitrogen and oxygen atoms in total. The first-order valence-electron chi connectivity index (χ1n) is 9.32. The molecular weight excluding hydrogens is 441 g/mol. The summed E-state index contributed by atoms with van der Waals surface area (Å²) >= 11 is 12.4. The molecular formula is C19H19Cl2N9O. The van der Waals surface area contributed by atoms with E-state index < -0.39 is 12.2 Å². The van der Waals surface area contributed by atoms with Crippen molar-refractivity contribution in [3.8, 4) is 0 Å². The van der Waals surface area contributed by atoms with Gasteiger partial charge in [0.1, 0.15) is 5.69 Å². The number of rotatable bonds is 5. The quantitative estimate of drug-likeness (QED) is 0.601. The van der Waals surface area contributed by atoms with Gasteiger partial charge in [-0.3, -0.25) is 15.0 Å². The number of nitrogens with one attached hydrogen (secondary N) is 2. The lowest BCUT2D eigenvalue weighted by molar-refractivity contribution is 0.262. The monoisotopic (exact) mass is 459 g/mol. The lowest BCUT2D eigenvalue weighted by atomic mass is 10.2. The van der Waals surface area contributed by atoms with E-state index in [1.807, 2.05) is 25.9 Å². The number of amides is 2. The highest BCUT2D eigenvalue weighted by Gasteiger charge is 2.21. The van der Waals surface area contributed by atoms with Gasteiger partial charge in [0.2, 0.25) is 0 Å². The number of aliphatic imine (C=N–C) groups is 2. The number of hydrogen-bond acceptors (Lipinski definition) is 7. The Labute approximate surface area is 188 Å². The van der Waals surface area contributed by atoms with Crippen molar-refractivity contribution in [2.75, 3.05) is 24.7 Å². The predicted octanol–water partition coefficient (Wildman–Crippen LogP) is 3.85. The van der Waals surface area contributed by atoms with Gasteiger partial charge in [-0.1, -0.05) is 23.2 Å². The summed E-state index contributed by atoms with van der Waals surface area (Å²) in [4.78, 5) is 31.6. The SMILES string of the molecule is CC(c1c(NC(=O)Nc2cnc(C3N=CC=N3)c(Cl)c2)cnc2cc(Cl)nn12)N(C)C. The summed E-state index contributed by atoms with van der Waals surface area (Å²) in [6.07, 6.45) is 5.80. The average Bonchev–Trinajstić information content (AvgIpc) is 3.36. The molecule has 0 radical (unpaired) electrons. The molecule has 3 aromatic heterocycles. The number of aromatic nitrogens is 4. The topological polar surface area (TPSA) is 112 Å². The number of carbonyl (C=O) groups excluding carboxylic acids is 1. The van der Waals surface area contributed by atoms with Gasteiger partial charge >= 0.3 is 6.03 Å². The molecule has 1 aliphatic rings. The van der Waals surface area contributed by atoms with Gasteiger partial charge in [0.25, 0.3) is 0 Å². The van der Waals surface area contributed by atoms with E-state index in [-0.39, 0.29) is 6.04 Å². The van der Waals surface area contributed by atoms with Crippen LogP contribution < -0.4 is 10.6 Å². The third kappa shape index (κ3) is 4.36. The van der Waals surface area contributed by atoms with E-state index in [4.69, 9.17) is 23.2 Å². The van der Waals surface area contributed by atoms with Crippen LogP contribution in [0.1, 0.15) is 30.5 Å². The van der Waals surface area contributed by atoms with Crippen LogP contribution in [0.3, 0.4) is 0 Å². The highest BCUT2D eigenvalue weighted by Crippen LogP contribution is 2.29. The first-order valence-corrected chi connectivity index (χ1v) is 10.1. The molecule has 1 unspecified atom stereocenters. The van der Waals surface area contributed by atoms with Crippen LogP contribution in [-0.2, 0) is 0 Å². The summed E-state index contributed by atoms with van der Waals surface area (Å²) in [5.74, 6) is 0. The van der Waals surface area contributed by atoms with Crippen LogP contribution in [-0.4, -0.2) is 57.0 Å². The molecule has 160 valence electrons. The molecule has 0 saturated carbocycles. The maximum Gasteiger partial charge on any atom is 0.323 e. The predicted molar refractivity (Wildman–Crippen MR) is 122 cm³/mol. The van der Waals surface area contributed by atoms with E-state index in [1.54, 1.807) is 35.3 Å². The smallest absolute Gasteiger partial charge is 0.306 e. The molecule has 0 aliphatic carbocycles. The van der Waals surface area contributed by atoms with E-state index in [0.717, 1.165) is 5.69 Å². The number of nitrogens with zero attached hydrogens (tertiary/aromatic N) is 7. The number of halogens is 2. The van der Waals surface area contributed by atoms with Crippen LogP contribution >= 0.6 is 23.2 Å². The standard InChI is InChI=1S/C19H19Cl2N9O/c1-10(29(2)3)17-13(9-24-15-7-14(21)28-30(15)17)27-19(31)26-11-6-12(20)16(25-8-11)18-22-4-5-23-18/h4-10,18H,1-3H3,(H2,26,27,31). The molecule has 31 heavy (non-hydrogen) atoms. The van der Waals surface area contributed by atoms with Crippen LogP contribution in [0, 0.1) is 0 Å². The maximum atomic E-state index is 12.7. The molecule has 2 N–H and O–H groups in total. The Morgan fingerprint density at radius 1 is 1.13 bits per heavy atom. The van der Waals surface area contributed by atoms with Crippen molar-refractivity contribution < 1.29 is 4.79 Å². The maximum absolute atomic E-state index is 12.7. The fourth-order valence-electron chi connectivity index (χ4n) is 3.08. The minimum Gasteiger partial charge on any atom is -0.306 e. The molecule has 0 spiro atoms. The van der Waals surface area contributed by atoms with Crippen LogP contribution in [0.4, 0.5) is 16.2 Å². The molecule has 0 fully saturated rings. The fraction of sp³-hybridized carbons (Fsp3) is 0.263. The van der Waals surface area contributed by atoms with Gasteiger partial charge in [-0.2, -0.15) is 5.10 Å². The molecule has 0 saturated heterocycles. The van der Waals surface area contributed by atoms with E-state index in [9.17, 15) is 4.79 Å². The highest BCUT2D eigenvalue weighted by molar-refractivity contribution is 6.31. The first kappa shape index (κ1) is 21.2. The average molecular weight is 460 g/mol. The van der Waals surface area contributed by atoms with Crippen LogP contribution in [0.5, 0.6) is 0 Å². The van der Waals surface area contributed by atoms with Gasteiger partial charge in [-0.25, -0.2) is 14.3 Å². The van der Waals surface area contributed by atoms with Gasteiger partial charge in [-0.15, -0.1) is 0 Å². The molecule has 2 amide bonds. The van der Waals surface area contributed by atoms with E-state index in [1.165, 1.54) is 6.20 Å². The summed E-state index contributed by atoms with van der Waals surface area (Å²) in [5, 5.41) is 10.5. The Morgan fingerprint density at radius 3 is 2.55 bits per heavy atom.